The molecule has 1 atom stereocenters. The molecule has 0 heterocycles. The summed E-state index contributed by atoms with van der Waals surface area (Å²) in [5, 5.41) is 18.0. The highest BCUT2D eigenvalue weighted by atomic mass is 16.4. The summed E-state index contributed by atoms with van der Waals surface area (Å²) in [5.74, 6) is -2.33. The molecule has 80 valence electrons. The van der Waals surface area contributed by atoms with Gasteiger partial charge in [-0.3, -0.25) is 0 Å². The Balaban J connectivity index is 2.45. The lowest BCUT2D eigenvalue weighted by Gasteiger charge is -2.20. The van der Waals surface area contributed by atoms with Crippen LogP contribution >= 0.6 is 0 Å². The Morgan fingerprint density at radius 1 is 1.27 bits per heavy atom. The lowest BCUT2D eigenvalue weighted by atomic mass is 9.83. The van der Waals surface area contributed by atoms with Gasteiger partial charge in [0.05, 0.1) is 11.1 Å². The van der Waals surface area contributed by atoms with Crippen LogP contribution < -0.4 is 0 Å². The van der Waals surface area contributed by atoms with Crippen LogP contribution in [0.15, 0.2) is 22.8 Å². The molecule has 0 aromatic rings. The van der Waals surface area contributed by atoms with Gasteiger partial charge in [0.15, 0.2) is 0 Å². The molecular formula is C11H12O4. The van der Waals surface area contributed by atoms with E-state index in [0.29, 0.717) is 0 Å². The zero-order valence-corrected chi connectivity index (χ0v) is 8.19. The maximum Gasteiger partial charge on any atom is 0.332 e. The van der Waals surface area contributed by atoms with E-state index in [0.717, 1.165) is 24.8 Å². The summed E-state index contributed by atoms with van der Waals surface area (Å²) in [6, 6.07) is 0. The van der Waals surface area contributed by atoms with Gasteiger partial charge >= 0.3 is 11.9 Å². The lowest BCUT2D eigenvalue weighted by Crippen LogP contribution is -2.20. The summed E-state index contributed by atoms with van der Waals surface area (Å²) in [4.78, 5) is 22.0. The number of aliphatic carboxylic acids is 2. The van der Waals surface area contributed by atoms with Crippen LogP contribution in [-0.2, 0) is 9.59 Å². The number of carboxylic acids is 2. The van der Waals surface area contributed by atoms with Gasteiger partial charge in [0.25, 0.3) is 0 Å². The molecule has 2 aliphatic carbocycles. The van der Waals surface area contributed by atoms with Gasteiger partial charge in [0.1, 0.15) is 0 Å². The molecule has 0 aromatic heterocycles. The van der Waals surface area contributed by atoms with Crippen molar-refractivity contribution in [3.05, 3.63) is 22.8 Å². The fourth-order valence-electron chi connectivity index (χ4n) is 2.48. The molecular weight excluding hydrogens is 196 g/mol. The van der Waals surface area contributed by atoms with Crippen molar-refractivity contribution < 1.29 is 19.8 Å². The summed E-state index contributed by atoms with van der Waals surface area (Å²) in [7, 11) is 0. The van der Waals surface area contributed by atoms with E-state index in [1.807, 2.05) is 6.08 Å². The molecule has 0 bridgehead atoms. The quantitative estimate of drug-likeness (QED) is 0.675. The van der Waals surface area contributed by atoms with Gasteiger partial charge in [-0.2, -0.15) is 0 Å². The van der Waals surface area contributed by atoms with Crippen LogP contribution in [0, 0.1) is 5.92 Å². The average Bonchev–Trinajstić information content (AvgIpc) is 2.62. The summed E-state index contributed by atoms with van der Waals surface area (Å²) in [6.45, 7) is 0. The van der Waals surface area contributed by atoms with E-state index in [9.17, 15) is 9.59 Å². The number of carboxylic acid groups (broad SMARTS) is 2. The minimum absolute atomic E-state index is 0.0538. The molecule has 0 spiro atoms. The minimum Gasteiger partial charge on any atom is -0.478 e. The van der Waals surface area contributed by atoms with E-state index >= 15 is 0 Å². The first-order chi connectivity index (χ1) is 7.11. The molecule has 0 aromatic carbocycles. The Kier molecular flexibility index (Phi) is 2.34. The first-order valence-electron chi connectivity index (χ1n) is 5.00. The molecule has 2 aliphatic rings. The summed E-state index contributed by atoms with van der Waals surface area (Å²) >= 11 is 0. The molecule has 1 unspecified atom stereocenters. The number of fused-ring (bicyclic) bond motifs is 1. The topological polar surface area (TPSA) is 74.6 Å². The van der Waals surface area contributed by atoms with Gasteiger partial charge in [-0.15, -0.1) is 0 Å². The van der Waals surface area contributed by atoms with Crippen molar-refractivity contribution >= 4 is 11.9 Å². The highest BCUT2D eigenvalue weighted by Gasteiger charge is 2.35. The zero-order chi connectivity index (χ0) is 11.0. The maximum absolute atomic E-state index is 11.1. The highest BCUT2D eigenvalue weighted by Crippen LogP contribution is 2.41. The van der Waals surface area contributed by atoms with Crippen molar-refractivity contribution in [2.45, 2.75) is 25.7 Å². The number of hydrogen-bond donors (Lipinski definition) is 2. The largest absolute Gasteiger partial charge is 0.478 e. The fourth-order valence-corrected chi connectivity index (χ4v) is 2.48. The molecule has 0 amide bonds. The molecule has 1 saturated carbocycles. The third kappa shape index (κ3) is 1.56. The van der Waals surface area contributed by atoms with Crippen molar-refractivity contribution in [2.24, 2.45) is 5.92 Å². The van der Waals surface area contributed by atoms with Crippen molar-refractivity contribution in [1.29, 1.82) is 0 Å². The smallest absolute Gasteiger partial charge is 0.332 e. The predicted octanol–water partition coefficient (Wildman–Crippen LogP) is 1.58. The van der Waals surface area contributed by atoms with E-state index < -0.39 is 11.9 Å². The minimum atomic E-state index is -1.10. The highest BCUT2D eigenvalue weighted by molar-refractivity contribution is 6.00. The van der Waals surface area contributed by atoms with E-state index in [1.165, 1.54) is 0 Å². The van der Waals surface area contributed by atoms with Crippen LogP contribution in [0.5, 0.6) is 0 Å². The normalized spacial score (nSPS) is 24.8. The van der Waals surface area contributed by atoms with Crippen LogP contribution in [0.3, 0.4) is 0 Å². The van der Waals surface area contributed by atoms with E-state index in [4.69, 9.17) is 10.2 Å². The van der Waals surface area contributed by atoms with Gasteiger partial charge in [-0.1, -0.05) is 11.6 Å². The fraction of sp³-hybridized carbons (Fsp3) is 0.455. The lowest BCUT2D eigenvalue weighted by molar-refractivity contribution is -0.136. The monoisotopic (exact) mass is 208 g/mol. The molecule has 1 fully saturated rings. The number of allylic oxidation sites excluding steroid dienone is 2. The molecule has 4 nitrogen and oxygen atoms in total. The first-order valence-corrected chi connectivity index (χ1v) is 5.00. The number of hydrogen-bond acceptors (Lipinski definition) is 2. The number of carbonyl (C=O) groups is 2. The van der Waals surface area contributed by atoms with Crippen LogP contribution in [-0.4, -0.2) is 22.2 Å². The van der Waals surface area contributed by atoms with Crippen molar-refractivity contribution in [3.8, 4) is 0 Å². The van der Waals surface area contributed by atoms with E-state index in [-0.39, 0.29) is 23.5 Å². The second kappa shape index (κ2) is 3.53. The van der Waals surface area contributed by atoms with Crippen LogP contribution in [0.1, 0.15) is 25.7 Å². The molecule has 15 heavy (non-hydrogen) atoms. The van der Waals surface area contributed by atoms with Gasteiger partial charge in [0.2, 0.25) is 0 Å². The molecule has 2 N–H and O–H groups in total. The number of rotatable bonds is 2. The van der Waals surface area contributed by atoms with Crippen LogP contribution in [0.2, 0.25) is 0 Å². The second-order valence-electron chi connectivity index (χ2n) is 3.93. The van der Waals surface area contributed by atoms with Gasteiger partial charge in [-0.05, 0) is 25.7 Å². The molecule has 0 radical (unpaired) electrons. The maximum atomic E-state index is 11.1. The first kappa shape index (κ1) is 9.96. The Morgan fingerprint density at radius 2 is 2.00 bits per heavy atom. The molecule has 0 aliphatic heterocycles. The van der Waals surface area contributed by atoms with Crippen LogP contribution in [0.25, 0.3) is 0 Å². The second-order valence-corrected chi connectivity index (χ2v) is 3.93. The third-order valence-electron chi connectivity index (χ3n) is 3.14. The van der Waals surface area contributed by atoms with Gasteiger partial charge in [0, 0.05) is 5.92 Å². The Bertz CT molecular complexity index is 389. The Labute approximate surface area is 86.9 Å². The van der Waals surface area contributed by atoms with E-state index in [1.54, 1.807) is 0 Å². The van der Waals surface area contributed by atoms with Crippen molar-refractivity contribution in [1.82, 2.24) is 0 Å². The summed E-state index contributed by atoms with van der Waals surface area (Å²) in [6.07, 6.45) is 4.77. The SMILES string of the molecule is O=C(O)C1=C(C(=O)O)C2CCCC2=CC1. The van der Waals surface area contributed by atoms with Gasteiger partial charge in [-0.25, -0.2) is 9.59 Å². The van der Waals surface area contributed by atoms with Crippen LogP contribution in [0.4, 0.5) is 0 Å². The summed E-state index contributed by atoms with van der Waals surface area (Å²) < 4.78 is 0. The van der Waals surface area contributed by atoms with Gasteiger partial charge < -0.3 is 10.2 Å². The Morgan fingerprint density at radius 3 is 2.60 bits per heavy atom. The molecule has 0 saturated heterocycles. The molecule has 4 heteroatoms. The summed E-state index contributed by atoms with van der Waals surface area (Å²) in [5.41, 5.74) is 1.27. The standard InChI is InChI=1S/C11H12O4/c12-10(13)8-5-4-6-2-1-3-7(6)9(8)11(14)15/h4,7H,1-3,5H2,(H,12,13)(H,14,15). The Hall–Kier alpha value is -1.58. The third-order valence-corrected chi connectivity index (χ3v) is 3.14. The zero-order valence-electron chi connectivity index (χ0n) is 8.19. The predicted molar refractivity (Wildman–Crippen MR) is 52.3 cm³/mol. The van der Waals surface area contributed by atoms with Crippen molar-refractivity contribution in [3.63, 3.8) is 0 Å². The van der Waals surface area contributed by atoms with E-state index in [2.05, 4.69) is 0 Å². The molecule has 2 rings (SSSR count). The van der Waals surface area contributed by atoms with Crippen molar-refractivity contribution in [2.75, 3.05) is 0 Å². The average molecular weight is 208 g/mol.